The fourth-order valence-electron chi connectivity index (χ4n) is 1.35. The molecule has 0 aromatic carbocycles. The van der Waals surface area contributed by atoms with Gasteiger partial charge in [-0.3, -0.25) is 0 Å². The number of aromatic carboxylic acids is 1. The standard InChI is InChI=1S/C10H14BrNO6S/c1-12(4-3-5-17-2)19(15,16)8-6-7(10(13)14)18-9(8)11/h6H,3-5H2,1-2H3,(H,13,14). The number of nitrogens with zero attached hydrogens (tertiary/aromatic N) is 1. The molecule has 0 saturated carbocycles. The number of carbonyl (C=O) groups is 1. The van der Waals surface area contributed by atoms with E-state index in [1.807, 2.05) is 0 Å². The van der Waals surface area contributed by atoms with Gasteiger partial charge in [-0.25, -0.2) is 17.5 Å². The quantitative estimate of drug-likeness (QED) is 0.742. The van der Waals surface area contributed by atoms with Crippen molar-refractivity contribution in [1.82, 2.24) is 4.31 Å². The molecule has 0 aliphatic carbocycles. The van der Waals surface area contributed by atoms with E-state index in [0.717, 1.165) is 10.4 Å². The normalized spacial score (nSPS) is 12.0. The van der Waals surface area contributed by atoms with E-state index in [2.05, 4.69) is 15.9 Å². The van der Waals surface area contributed by atoms with Crippen LogP contribution in [0, 0.1) is 0 Å². The highest BCUT2D eigenvalue weighted by Gasteiger charge is 2.28. The van der Waals surface area contributed by atoms with E-state index >= 15 is 0 Å². The number of furan rings is 1. The summed E-state index contributed by atoms with van der Waals surface area (Å²) in [7, 11) is -0.853. The van der Waals surface area contributed by atoms with Gasteiger partial charge in [-0.05, 0) is 22.4 Å². The van der Waals surface area contributed by atoms with Crippen LogP contribution in [-0.4, -0.2) is 51.1 Å². The van der Waals surface area contributed by atoms with Crippen molar-refractivity contribution in [3.63, 3.8) is 0 Å². The van der Waals surface area contributed by atoms with Crippen molar-refractivity contribution in [3.05, 3.63) is 16.5 Å². The molecule has 0 amide bonds. The minimum absolute atomic E-state index is 0.122. The Morgan fingerprint density at radius 3 is 2.68 bits per heavy atom. The van der Waals surface area contributed by atoms with Crippen LogP contribution in [0.15, 0.2) is 20.0 Å². The second kappa shape index (κ2) is 6.51. The maximum absolute atomic E-state index is 12.2. The molecule has 108 valence electrons. The second-order valence-corrected chi connectivity index (χ2v) is 6.46. The molecule has 0 aliphatic rings. The van der Waals surface area contributed by atoms with Crippen molar-refractivity contribution in [2.24, 2.45) is 0 Å². The summed E-state index contributed by atoms with van der Waals surface area (Å²) in [6, 6.07) is 0.981. The molecule has 0 aliphatic heterocycles. The molecular formula is C10H14BrNO6S. The Bertz CT molecular complexity index is 552. The maximum Gasteiger partial charge on any atom is 0.371 e. The fraction of sp³-hybridized carbons (Fsp3) is 0.500. The van der Waals surface area contributed by atoms with Gasteiger partial charge in [0.25, 0.3) is 0 Å². The van der Waals surface area contributed by atoms with Crippen LogP contribution in [0.1, 0.15) is 17.0 Å². The lowest BCUT2D eigenvalue weighted by Gasteiger charge is -2.15. The van der Waals surface area contributed by atoms with E-state index in [4.69, 9.17) is 14.3 Å². The summed E-state index contributed by atoms with van der Waals surface area (Å²) in [6.45, 7) is 0.697. The predicted octanol–water partition coefficient (Wildman–Crippen LogP) is 1.40. The summed E-state index contributed by atoms with van der Waals surface area (Å²) < 4.78 is 35.0. The molecule has 0 radical (unpaired) electrons. The molecule has 0 fully saturated rings. The van der Waals surface area contributed by atoms with Crippen LogP contribution in [0.3, 0.4) is 0 Å². The van der Waals surface area contributed by atoms with E-state index in [9.17, 15) is 13.2 Å². The van der Waals surface area contributed by atoms with Crippen molar-refractivity contribution in [3.8, 4) is 0 Å². The highest BCUT2D eigenvalue weighted by atomic mass is 79.9. The first-order chi connectivity index (χ1) is 8.80. The molecular weight excluding hydrogens is 342 g/mol. The van der Waals surface area contributed by atoms with Crippen LogP contribution in [0.5, 0.6) is 0 Å². The highest BCUT2D eigenvalue weighted by molar-refractivity contribution is 9.10. The molecule has 1 rings (SSSR count). The van der Waals surface area contributed by atoms with Gasteiger partial charge in [0.1, 0.15) is 4.90 Å². The lowest BCUT2D eigenvalue weighted by molar-refractivity contribution is 0.0661. The number of sulfonamides is 1. The third kappa shape index (κ3) is 3.78. The summed E-state index contributed by atoms with van der Waals surface area (Å²) in [4.78, 5) is 10.5. The molecule has 0 unspecified atom stereocenters. The Balaban J connectivity index is 2.96. The minimum atomic E-state index is -3.79. The molecule has 0 bridgehead atoms. The Hall–Kier alpha value is -0.900. The zero-order valence-corrected chi connectivity index (χ0v) is 12.8. The Morgan fingerprint density at radius 2 is 2.21 bits per heavy atom. The predicted molar refractivity (Wildman–Crippen MR) is 69.7 cm³/mol. The van der Waals surface area contributed by atoms with Crippen LogP contribution in [0.4, 0.5) is 0 Å². The molecule has 1 heterocycles. The summed E-state index contributed by atoms with van der Waals surface area (Å²) in [5, 5.41) is 8.76. The molecule has 0 atom stereocenters. The van der Waals surface area contributed by atoms with Crippen LogP contribution in [0.2, 0.25) is 0 Å². The number of ether oxygens (including phenoxy) is 1. The van der Waals surface area contributed by atoms with Crippen molar-refractivity contribution in [2.75, 3.05) is 27.3 Å². The molecule has 0 spiro atoms. The Labute approximate surface area is 119 Å². The van der Waals surface area contributed by atoms with Crippen LogP contribution < -0.4 is 0 Å². The SMILES string of the molecule is COCCCN(C)S(=O)(=O)c1cc(C(=O)O)oc1Br. The molecule has 19 heavy (non-hydrogen) atoms. The van der Waals surface area contributed by atoms with Gasteiger partial charge in [-0.1, -0.05) is 0 Å². The molecule has 1 N–H and O–H groups in total. The van der Waals surface area contributed by atoms with E-state index in [1.165, 1.54) is 14.2 Å². The highest BCUT2D eigenvalue weighted by Crippen LogP contribution is 2.28. The molecule has 9 heteroatoms. The molecule has 1 aromatic rings. The molecule has 0 saturated heterocycles. The summed E-state index contributed by atoms with van der Waals surface area (Å²) in [5.41, 5.74) is 0. The minimum Gasteiger partial charge on any atom is -0.475 e. The van der Waals surface area contributed by atoms with Crippen LogP contribution in [-0.2, 0) is 14.8 Å². The van der Waals surface area contributed by atoms with Crippen molar-refractivity contribution in [1.29, 1.82) is 0 Å². The van der Waals surface area contributed by atoms with Crippen molar-refractivity contribution < 1.29 is 27.5 Å². The number of rotatable bonds is 7. The van der Waals surface area contributed by atoms with Gasteiger partial charge >= 0.3 is 5.97 Å². The fourth-order valence-corrected chi connectivity index (χ4v) is 3.46. The smallest absolute Gasteiger partial charge is 0.371 e. The van der Waals surface area contributed by atoms with Crippen LogP contribution >= 0.6 is 15.9 Å². The van der Waals surface area contributed by atoms with Crippen molar-refractivity contribution in [2.45, 2.75) is 11.3 Å². The van der Waals surface area contributed by atoms with Gasteiger partial charge in [0.15, 0.2) is 4.67 Å². The Kier molecular flexibility index (Phi) is 5.53. The third-order valence-electron chi connectivity index (χ3n) is 2.38. The summed E-state index contributed by atoms with van der Waals surface area (Å²) in [6.07, 6.45) is 0.535. The van der Waals surface area contributed by atoms with E-state index < -0.39 is 21.8 Å². The number of hydrogen-bond acceptors (Lipinski definition) is 5. The first-order valence-electron chi connectivity index (χ1n) is 5.28. The number of hydrogen-bond donors (Lipinski definition) is 1. The first kappa shape index (κ1) is 16.2. The van der Waals surface area contributed by atoms with Crippen LogP contribution in [0.25, 0.3) is 0 Å². The van der Waals surface area contributed by atoms with Gasteiger partial charge in [-0.2, -0.15) is 0 Å². The monoisotopic (exact) mass is 355 g/mol. The second-order valence-electron chi connectivity index (χ2n) is 3.73. The van der Waals surface area contributed by atoms with E-state index in [1.54, 1.807) is 0 Å². The van der Waals surface area contributed by atoms with Gasteiger partial charge in [0.05, 0.1) is 0 Å². The first-order valence-corrected chi connectivity index (χ1v) is 7.52. The van der Waals surface area contributed by atoms with Gasteiger partial charge < -0.3 is 14.3 Å². The van der Waals surface area contributed by atoms with Gasteiger partial charge in [0.2, 0.25) is 15.8 Å². The van der Waals surface area contributed by atoms with Gasteiger partial charge in [-0.15, -0.1) is 0 Å². The Morgan fingerprint density at radius 1 is 1.58 bits per heavy atom. The van der Waals surface area contributed by atoms with Crippen molar-refractivity contribution >= 4 is 31.9 Å². The lowest BCUT2D eigenvalue weighted by Crippen LogP contribution is -2.28. The number of halogens is 1. The third-order valence-corrected chi connectivity index (χ3v) is 5.09. The molecule has 7 nitrogen and oxygen atoms in total. The topological polar surface area (TPSA) is 97.0 Å². The lowest BCUT2D eigenvalue weighted by atomic mass is 10.4. The van der Waals surface area contributed by atoms with E-state index in [0.29, 0.717) is 13.0 Å². The summed E-state index contributed by atoms with van der Waals surface area (Å²) >= 11 is 2.91. The van der Waals surface area contributed by atoms with Gasteiger partial charge in [0, 0.05) is 33.4 Å². The zero-order valence-electron chi connectivity index (χ0n) is 10.4. The average molecular weight is 356 g/mol. The number of methoxy groups -OCH3 is 1. The number of carboxylic acids is 1. The maximum atomic E-state index is 12.2. The number of carboxylic acid groups (broad SMARTS) is 1. The average Bonchev–Trinajstić information content (AvgIpc) is 2.72. The largest absolute Gasteiger partial charge is 0.475 e. The van der Waals surface area contributed by atoms with E-state index in [-0.39, 0.29) is 16.1 Å². The molecule has 1 aromatic heterocycles. The summed E-state index contributed by atoms with van der Waals surface area (Å²) in [5.74, 6) is -1.76. The zero-order chi connectivity index (χ0) is 14.6.